The number of aromatic amines is 1. The van der Waals surface area contributed by atoms with E-state index in [-0.39, 0.29) is 111 Å². The number of aromatic nitrogens is 14. The SMILES string of the molecule is Brc1nccs1.C.C.CB(O)n1cnc(CC([B]OC=N)C(=O)c2nccs2)c1.CB(O)n1cnc(CC([B]OC=N)C(O)C=O)c1.CB(O)n1cnc(CC([B]OC=N)C(O)c2nccs2)c1.COC(=O)C([B]OC=N)Cc1cn(B(C)O)cn1.COC(OC)C(O)C(N)Cc1cnc[nH]1.[B].[CH2-]CCC.[H-].[Li+].[Li+].[Na+].[c-]1nccs1. The van der Waals surface area contributed by atoms with Gasteiger partial charge in [-0.1, -0.05) is 28.2 Å². The molecule has 114 heavy (non-hydrogen) atoms. The number of methoxy groups -OCH3 is 3. The second-order valence-corrected chi connectivity index (χ2v) is 26.6. The van der Waals surface area contributed by atoms with E-state index >= 15 is 0 Å². The van der Waals surface area contributed by atoms with Gasteiger partial charge in [0.1, 0.15) is 55.2 Å². The molecule has 9 aromatic heterocycles. The van der Waals surface area contributed by atoms with Gasteiger partial charge >= 0.3 is 131 Å². The third kappa shape index (κ3) is 48.1. The van der Waals surface area contributed by atoms with Crippen molar-refractivity contribution in [1.29, 1.82) is 21.6 Å². The van der Waals surface area contributed by atoms with E-state index in [4.69, 9.17) is 46.2 Å². The van der Waals surface area contributed by atoms with Gasteiger partial charge in [-0.05, 0) is 68.0 Å². The summed E-state index contributed by atoms with van der Waals surface area (Å²) in [6, 6.07) is -0.463. The maximum Gasteiger partial charge on any atom is 1.00 e. The number of carbonyl (C=O) groups is 3. The van der Waals surface area contributed by atoms with Crippen molar-refractivity contribution in [3.05, 3.63) is 164 Å². The topological polar surface area (TPSA) is 530 Å². The Morgan fingerprint density at radius 2 is 1.09 bits per heavy atom. The number of ether oxygens (including phenoxy) is 3. The number of aliphatic hydroxyl groups is 3. The molecule has 0 aliphatic heterocycles. The number of nitrogens with one attached hydrogen (secondary N) is 5. The minimum atomic E-state index is -1.22. The number of aliphatic hydroxyl groups excluding tert-OH is 3. The van der Waals surface area contributed by atoms with Gasteiger partial charge in [0.25, 0.3) is 0 Å². The van der Waals surface area contributed by atoms with E-state index in [9.17, 15) is 49.8 Å². The molecule has 0 spiro atoms. The molecule has 597 valence electrons. The molecule has 53 heteroatoms. The van der Waals surface area contributed by atoms with Crippen LogP contribution in [0, 0.1) is 34.1 Å². The maximum atomic E-state index is 12.3. The van der Waals surface area contributed by atoms with Crippen molar-refractivity contribution in [2.45, 2.75) is 148 Å². The summed E-state index contributed by atoms with van der Waals surface area (Å²) in [4.78, 5) is 73.1. The summed E-state index contributed by atoms with van der Waals surface area (Å²) in [5.41, 5.74) is 11.9. The number of hydrogen-bond acceptors (Lipinski definition) is 35. The fraction of sp³-hybridized carbons (Fsp3) is 0.426. The summed E-state index contributed by atoms with van der Waals surface area (Å²) < 4.78 is 40.6. The molecule has 0 aliphatic carbocycles. The first-order valence-electron chi connectivity index (χ1n) is 32.4. The number of H-pyrrole nitrogens is 1. The van der Waals surface area contributed by atoms with Crippen molar-refractivity contribution in [3.8, 4) is 0 Å². The molecule has 8 atom stereocenters. The quantitative estimate of drug-likeness (QED) is 0.00254. The number of aldehydes is 1. The van der Waals surface area contributed by atoms with Gasteiger partial charge in [0.2, 0.25) is 0 Å². The van der Waals surface area contributed by atoms with Crippen LogP contribution >= 0.6 is 61.3 Å². The van der Waals surface area contributed by atoms with Gasteiger partial charge in [0.05, 0.1) is 67.3 Å². The molecule has 0 aromatic carbocycles. The minimum absolute atomic E-state index is 0. The predicted octanol–water partition coefficient (Wildman–Crippen LogP) is -4.33. The molecule has 14 N–H and O–H groups in total. The molecule has 0 saturated heterocycles. The number of unbranched alkanes of at least 4 members (excludes halogenated alkanes) is 1. The largest absolute Gasteiger partial charge is 1.00 e. The Hall–Kier alpha value is -5.88. The third-order valence-corrected chi connectivity index (χ3v) is 17.2. The second kappa shape index (κ2) is 70.2. The molecule has 0 aliphatic rings. The number of nitrogens with two attached hydrogens (primary N) is 1. The number of hydrogen-bond donors (Lipinski definition) is 13. The Kier molecular flexibility index (Phi) is 71.8. The molecule has 36 nitrogen and oxygen atoms in total. The first-order valence-corrected chi connectivity index (χ1v) is 36.7. The molecule has 0 bridgehead atoms. The van der Waals surface area contributed by atoms with Gasteiger partial charge in [-0.3, -0.25) is 42.6 Å². The van der Waals surface area contributed by atoms with E-state index < -0.39 is 88.1 Å². The fourth-order valence-electron chi connectivity index (χ4n) is 8.14. The Labute approximate surface area is 744 Å². The van der Waals surface area contributed by atoms with E-state index in [0.717, 1.165) is 35.2 Å². The van der Waals surface area contributed by atoms with Gasteiger partial charge < -0.3 is 115 Å². The van der Waals surface area contributed by atoms with Crippen LogP contribution in [0.25, 0.3) is 0 Å². The Bertz CT molecular complexity index is 3760. The van der Waals surface area contributed by atoms with Crippen LogP contribution in [0.4, 0.5) is 0 Å². The van der Waals surface area contributed by atoms with E-state index in [1.165, 1.54) is 130 Å². The standard InChI is InChI=1S/C11H15B2N4O3S.C11H13B2N4O3S.2C9H14B2N3O4.C9H17N3O3.C4H9.C3H2BrNS.C3H2NS.2CH4.B.2Li.Na.H/c2*1-13(19)17-5-8(16-7-17)4-9(12-20-6-14)10(18)11-15-2-3-21-11;1-11(16)14-4-7(13-6-14)3-8(9(15)17-2)10-18-5-12;1-11(17)14-3-7(13-6-14)2-8(9(16)4-15)10-18-5-12;1-14-9(15-2)8(13)7(10)3-6-4-11-5-12-6;1-3-4-2;4-3-5-1-2-6-3;1-2-5-3-4-1;;;;;;;/h2-3,5-7,9-10,14,18-19H,4H2,1H3;2-3,5-7,9,14,19H,4H2,1H3;4-6,8,12,16H,3H2,1-2H3;3-6,8-9,12,16-17H,2H2,1H3;4-5,7-9,13H,3,10H2,1-2H3,(H,11,12);1,3-4H2,2H3;1-2H;1-2H;2*1H4;;;;;/q;;;;;-1;;-1;;;;3*+1;-1. The Balaban J connectivity index is -0.000000304. The van der Waals surface area contributed by atoms with E-state index in [0.29, 0.717) is 64.7 Å². The second-order valence-electron chi connectivity index (χ2n) is 21.9. The minimum Gasteiger partial charge on any atom is -1.00 e. The number of carbonyl (C=O) groups excluding carboxylic acids is 3. The number of imidazole rings is 5. The number of rotatable bonds is 38. The fourth-order valence-corrected chi connectivity index (χ4v) is 10.6. The summed E-state index contributed by atoms with van der Waals surface area (Å²) in [6.45, 7) is 12.2. The monoisotopic (exact) mass is 1710 g/mol. The predicted molar refractivity (Wildman–Crippen MR) is 441 cm³/mol. The van der Waals surface area contributed by atoms with Crippen LogP contribution in [-0.2, 0) is 74.5 Å². The third-order valence-electron chi connectivity index (χ3n) is 13.8. The molecular formula is C61H95B9BrLi2N19NaO17S4. The van der Waals surface area contributed by atoms with E-state index in [2.05, 4.69) is 99.2 Å². The summed E-state index contributed by atoms with van der Waals surface area (Å²) in [5.74, 6) is -2.87. The molecule has 9 aromatic rings. The van der Waals surface area contributed by atoms with Gasteiger partial charge in [-0.25, -0.2) is 39.9 Å². The molecule has 9 rings (SSSR count). The molecule has 7 radical (unpaired) electrons. The normalized spacial score (nSPS) is 11.7. The smallest absolute Gasteiger partial charge is 1.00 e. The maximum absolute atomic E-state index is 12.3. The average Bonchev–Trinajstić information content (AvgIpc) is 1.76. The van der Waals surface area contributed by atoms with Crippen LogP contribution in [-0.4, -0.2) is 259 Å². The zero-order chi connectivity index (χ0) is 80.2. The molecule has 0 fully saturated rings. The van der Waals surface area contributed by atoms with Crippen LogP contribution in [0.1, 0.15) is 85.4 Å². The van der Waals surface area contributed by atoms with Crippen molar-refractivity contribution in [3.63, 3.8) is 0 Å². The number of nitrogens with zero attached hydrogens (tertiary/aromatic N) is 13. The Morgan fingerprint density at radius 3 is 1.42 bits per heavy atom. The zero-order valence-corrected chi connectivity index (χ0v) is 70.8. The van der Waals surface area contributed by atoms with Gasteiger partial charge in [0.15, 0.2) is 21.0 Å². The molecule has 8 unspecified atom stereocenters. The molecule has 0 amide bonds. The average molecular weight is 1710 g/mol. The summed E-state index contributed by atoms with van der Waals surface area (Å²) >= 11 is 8.86. The van der Waals surface area contributed by atoms with Crippen molar-refractivity contribution >= 4 is 171 Å². The van der Waals surface area contributed by atoms with E-state index in [1.54, 1.807) is 116 Å². The van der Waals surface area contributed by atoms with Crippen LogP contribution in [0.5, 0.6) is 0 Å². The van der Waals surface area contributed by atoms with Crippen LogP contribution in [0.2, 0.25) is 50.6 Å². The number of ketones is 1. The first-order chi connectivity index (χ1) is 51.9. The number of esters is 1. The summed E-state index contributed by atoms with van der Waals surface area (Å²) in [7, 11) is 6.64. The summed E-state index contributed by atoms with van der Waals surface area (Å²) in [6.07, 6.45) is 26.3. The molecule has 9 heterocycles. The number of Topliss-reactive ketones (excluding diaryl/α,β-unsaturated/α-hetero) is 1. The van der Waals surface area contributed by atoms with Crippen molar-refractivity contribution in [1.82, 2.24) is 67.8 Å². The van der Waals surface area contributed by atoms with Crippen molar-refractivity contribution in [2.75, 3.05) is 21.3 Å². The van der Waals surface area contributed by atoms with Gasteiger partial charge in [0, 0.05) is 130 Å². The zero-order valence-electron chi connectivity index (χ0n) is 64.9. The van der Waals surface area contributed by atoms with Crippen molar-refractivity contribution < 1.29 is 151 Å². The van der Waals surface area contributed by atoms with Crippen molar-refractivity contribution in [2.24, 2.45) is 5.73 Å². The van der Waals surface area contributed by atoms with E-state index in [1.807, 2.05) is 10.8 Å². The summed E-state index contributed by atoms with van der Waals surface area (Å²) in [5, 5.41) is 103. The number of halogens is 1. The van der Waals surface area contributed by atoms with Crippen LogP contribution in [0.3, 0.4) is 0 Å². The molecule has 0 saturated carbocycles. The van der Waals surface area contributed by atoms with Crippen LogP contribution in [0.15, 0.2) is 113 Å². The van der Waals surface area contributed by atoms with Gasteiger partial charge in [-0.2, -0.15) is 6.42 Å². The van der Waals surface area contributed by atoms with Gasteiger partial charge in [-0.15, -0.1) is 45.6 Å². The first kappa shape index (κ1) is 117. The van der Waals surface area contributed by atoms with Crippen LogP contribution < -0.4 is 73.0 Å². The Morgan fingerprint density at radius 1 is 0.658 bits per heavy atom. The molecular weight excluding hydrogens is 1610 g/mol. The number of thiazole rings is 4.